The molecule has 1 atom stereocenters. The Morgan fingerprint density at radius 3 is 2.62 bits per heavy atom. The number of carbonyl (C=O) groups is 1. The highest BCUT2D eigenvalue weighted by atomic mass is 19.1. The average molecular weight is 360 g/mol. The number of hydrogen-bond donors (Lipinski definition) is 2. The third kappa shape index (κ3) is 4.79. The van der Waals surface area contributed by atoms with Gasteiger partial charge in [-0.25, -0.2) is 8.78 Å². The highest BCUT2D eigenvalue weighted by Gasteiger charge is 2.21. The molecule has 0 radical (unpaired) electrons. The molecule has 1 saturated heterocycles. The first kappa shape index (κ1) is 18.3. The third-order valence-electron chi connectivity index (χ3n) is 4.60. The summed E-state index contributed by atoms with van der Waals surface area (Å²) in [6.07, 6.45) is 2.76. The molecule has 2 aromatic carbocycles. The van der Waals surface area contributed by atoms with Crippen LogP contribution in [0, 0.1) is 11.6 Å². The Kier molecular flexibility index (Phi) is 5.83. The van der Waals surface area contributed by atoms with Crippen molar-refractivity contribution in [2.75, 3.05) is 13.1 Å². The van der Waals surface area contributed by atoms with Crippen LogP contribution in [0.25, 0.3) is 0 Å². The van der Waals surface area contributed by atoms with Crippen LogP contribution in [0.2, 0.25) is 0 Å². The van der Waals surface area contributed by atoms with Crippen molar-refractivity contribution in [1.29, 1.82) is 0 Å². The molecular weight excluding hydrogens is 338 g/mol. The van der Waals surface area contributed by atoms with Crippen LogP contribution in [0.15, 0.2) is 42.5 Å². The summed E-state index contributed by atoms with van der Waals surface area (Å²) < 4.78 is 26.6. The van der Waals surface area contributed by atoms with Gasteiger partial charge in [-0.2, -0.15) is 0 Å². The van der Waals surface area contributed by atoms with Crippen LogP contribution < -0.4 is 5.32 Å². The molecule has 0 spiro atoms. The lowest BCUT2D eigenvalue weighted by atomic mass is 10.1. The number of benzene rings is 2. The Labute approximate surface area is 151 Å². The second-order valence-electron chi connectivity index (χ2n) is 6.69. The van der Waals surface area contributed by atoms with Gasteiger partial charge in [0.15, 0.2) is 0 Å². The third-order valence-corrected chi connectivity index (χ3v) is 4.60. The van der Waals surface area contributed by atoms with Crippen LogP contribution in [0.4, 0.5) is 8.78 Å². The monoisotopic (exact) mass is 360 g/mol. The summed E-state index contributed by atoms with van der Waals surface area (Å²) in [5.74, 6) is -1.75. The number of para-hydroxylation sites is 1. The summed E-state index contributed by atoms with van der Waals surface area (Å²) in [7, 11) is 0. The first-order valence-corrected chi connectivity index (χ1v) is 8.77. The molecule has 0 aliphatic carbocycles. The SMILES string of the molecule is O=C(NC1CCCCN(Cc2ccccc2O)C1)c1cc(F)cc(F)c1. The van der Waals surface area contributed by atoms with Gasteiger partial charge in [0.25, 0.3) is 5.91 Å². The van der Waals surface area contributed by atoms with Gasteiger partial charge >= 0.3 is 0 Å². The molecule has 1 amide bonds. The average Bonchev–Trinajstić information content (AvgIpc) is 2.81. The van der Waals surface area contributed by atoms with Gasteiger partial charge in [0.2, 0.25) is 0 Å². The number of amides is 1. The van der Waals surface area contributed by atoms with Gasteiger partial charge in [0, 0.05) is 36.3 Å². The highest BCUT2D eigenvalue weighted by molar-refractivity contribution is 5.94. The molecule has 1 unspecified atom stereocenters. The van der Waals surface area contributed by atoms with E-state index < -0.39 is 17.5 Å². The van der Waals surface area contributed by atoms with Gasteiger partial charge in [-0.3, -0.25) is 9.69 Å². The zero-order valence-corrected chi connectivity index (χ0v) is 14.4. The van der Waals surface area contributed by atoms with Crippen LogP contribution in [0.3, 0.4) is 0 Å². The fourth-order valence-corrected chi connectivity index (χ4v) is 3.32. The minimum atomic E-state index is -0.766. The molecule has 0 aromatic heterocycles. The van der Waals surface area contributed by atoms with Crippen LogP contribution in [-0.2, 0) is 6.54 Å². The van der Waals surface area contributed by atoms with E-state index in [9.17, 15) is 18.7 Å². The van der Waals surface area contributed by atoms with E-state index in [1.54, 1.807) is 12.1 Å². The van der Waals surface area contributed by atoms with Crippen molar-refractivity contribution in [1.82, 2.24) is 10.2 Å². The number of nitrogens with one attached hydrogen (secondary N) is 1. The maximum Gasteiger partial charge on any atom is 0.251 e. The van der Waals surface area contributed by atoms with Crippen LogP contribution in [0.1, 0.15) is 35.2 Å². The zero-order valence-electron chi connectivity index (χ0n) is 14.4. The predicted octanol–water partition coefficient (Wildman–Crippen LogP) is 3.45. The summed E-state index contributed by atoms with van der Waals surface area (Å²) in [5.41, 5.74) is 0.825. The molecule has 6 heteroatoms. The maximum absolute atomic E-state index is 13.3. The van der Waals surface area contributed by atoms with Gasteiger partial charge in [-0.05, 0) is 37.6 Å². The predicted molar refractivity (Wildman–Crippen MR) is 94.8 cm³/mol. The normalized spacial score (nSPS) is 18.3. The number of phenolic OH excluding ortho intramolecular Hbond substituents is 1. The maximum atomic E-state index is 13.3. The van der Waals surface area contributed by atoms with E-state index in [0.717, 1.165) is 49.6 Å². The molecule has 2 aromatic rings. The fraction of sp³-hybridized carbons (Fsp3) is 0.350. The molecular formula is C20H22F2N2O2. The molecule has 2 N–H and O–H groups in total. The van der Waals surface area contributed by atoms with Crippen molar-refractivity contribution in [3.63, 3.8) is 0 Å². The van der Waals surface area contributed by atoms with Crippen LogP contribution >= 0.6 is 0 Å². The molecule has 26 heavy (non-hydrogen) atoms. The Balaban J connectivity index is 1.65. The van der Waals surface area contributed by atoms with Gasteiger partial charge in [0.1, 0.15) is 17.4 Å². The van der Waals surface area contributed by atoms with Crippen LogP contribution in [-0.4, -0.2) is 35.0 Å². The molecule has 1 aliphatic rings. The number of carbonyl (C=O) groups excluding carboxylic acids is 1. The summed E-state index contributed by atoms with van der Waals surface area (Å²) in [4.78, 5) is 14.5. The van der Waals surface area contributed by atoms with E-state index in [1.807, 2.05) is 12.1 Å². The lowest BCUT2D eigenvalue weighted by Gasteiger charge is -2.25. The molecule has 3 rings (SSSR count). The van der Waals surface area contributed by atoms with E-state index in [-0.39, 0.29) is 17.4 Å². The summed E-state index contributed by atoms with van der Waals surface area (Å²) >= 11 is 0. The summed E-state index contributed by atoms with van der Waals surface area (Å²) in [6, 6.07) is 9.91. The summed E-state index contributed by atoms with van der Waals surface area (Å²) in [6.45, 7) is 2.08. The van der Waals surface area contributed by atoms with Crippen molar-refractivity contribution in [2.24, 2.45) is 0 Å². The number of aromatic hydroxyl groups is 1. The molecule has 138 valence electrons. The molecule has 1 aliphatic heterocycles. The molecule has 0 bridgehead atoms. The second kappa shape index (κ2) is 8.27. The number of likely N-dealkylation sites (tertiary alicyclic amines) is 1. The fourth-order valence-electron chi connectivity index (χ4n) is 3.32. The van der Waals surface area contributed by atoms with Gasteiger partial charge in [-0.1, -0.05) is 24.6 Å². The molecule has 4 nitrogen and oxygen atoms in total. The number of halogens is 2. The van der Waals surface area contributed by atoms with Crippen molar-refractivity contribution in [3.8, 4) is 5.75 Å². The number of nitrogens with zero attached hydrogens (tertiary/aromatic N) is 1. The van der Waals surface area contributed by atoms with Crippen molar-refractivity contribution in [2.45, 2.75) is 31.8 Å². The molecule has 1 heterocycles. The largest absolute Gasteiger partial charge is 0.508 e. The van der Waals surface area contributed by atoms with Crippen molar-refractivity contribution < 1.29 is 18.7 Å². The van der Waals surface area contributed by atoms with Gasteiger partial charge < -0.3 is 10.4 Å². The Morgan fingerprint density at radius 2 is 1.88 bits per heavy atom. The number of phenols is 1. The minimum Gasteiger partial charge on any atom is -0.508 e. The van der Waals surface area contributed by atoms with Crippen molar-refractivity contribution in [3.05, 3.63) is 65.2 Å². The van der Waals surface area contributed by atoms with E-state index in [0.29, 0.717) is 13.1 Å². The van der Waals surface area contributed by atoms with E-state index >= 15 is 0 Å². The van der Waals surface area contributed by atoms with Gasteiger partial charge in [0.05, 0.1) is 0 Å². The minimum absolute atomic E-state index is 0.0148. The second-order valence-corrected chi connectivity index (χ2v) is 6.69. The Hall–Kier alpha value is -2.47. The highest BCUT2D eigenvalue weighted by Crippen LogP contribution is 2.20. The number of hydrogen-bond acceptors (Lipinski definition) is 3. The van der Waals surface area contributed by atoms with E-state index in [2.05, 4.69) is 10.2 Å². The first-order valence-electron chi connectivity index (χ1n) is 8.77. The Bertz CT molecular complexity index is 762. The van der Waals surface area contributed by atoms with E-state index in [1.165, 1.54) is 0 Å². The topological polar surface area (TPSA) is 52.6 Å². The lowest BCUT2D eigenvalue weighted by Crippen LogP contribution is -2.42. The first-order chi connectivity index (χ1) is 12.5. The van der Waals surface area contributed by atoms with Crippen LogP contribution in [0.5, 0.6) is 5.75 Å². The smallest absolute Gasteiger partial charge is 0.251 e. The van der Waals surface area contributed by atoms with Gasteiger partial charge in [-0.15, -0.1) is 0 Å². The number of rotatable bonds is 4. The molecule has 1 fully saturated rings. The molecule has 0 saturated carbocycles. The summed E-state index contributed by atoms with van der Waals surface area (Å²) in [5, 5.41) is 12.8. The van der Waals surface area contributed by atoms with E-state index in [4.69, 9.17) is 0 Å². The standard InChI is InChI=1S/C20H22F2N2O2/c21-16-9-15(10-17(22)11-16)20(26)23-18-6-3-4-8-24(13-18)12-14-5-1-2-7-19(14)25/h1-2,5,7,9-11,18,25H,3-4,6,8,12-13H2,(H,23,26). The zero-order chi connectivity index (χ0) is 18.5. The van der Waals surface area contributed by atoms with Crippen molar-refractivity contribution >= 4 is 5.91 Å². The Morgan fingerprint density at radius 1 is 1.15 bits per heavy atom. The lowest BCUT2D eigenvalue weighted by molar-refractivity contribution is 0.0924. The quantitative estimate of drug-likeness (QED) is 0.878.